The van der Waals surface area contributed by atoms with Gasteiger partial charge in [0.1, 0.15) is 11.7 Å². The summed E-state index contributed by atoms with van der Waals surface area (Å²) in [5, 5.41) is 8.95. The second-order valence-corrected chi connectivity index (χ2v) is 2.89. The molecule has 1 unspecified atom stereocenters. The van der Waals surface area contributed by atoms with Crippen molar-refractivity contribution in [3.05, 3.63) is 24.0 Å². The van der Waals surface area contributed by atoms with Crippen LogP contribution in [0, 0.1) is 0 Å². The van der Waals surface area contributed by atoms with Crippen LogP contribution >= 0.6 is 0 Å². The summed E-state index contributed by atoms with van der Waals surface area (Å²) in [5.74, 6) is -0.933. The fourth-order valence-electron chi connectivity index (χ4n) is 1.32. The van der Waals surface area contributed by atoms with Gasteiger partial charge in [0.2, 0.25) is 0 Å². The Morgan fingerprint density at radius 1 is 1.71 bits per heavy atom. The molecule has 0 aliphatic heterocycles. The van der Waals surface area contributed by atoms with Gasteiger partial charge in [0.15, 0.2) is 0 Å². The predicted molar refractivity (Wildman–Crippen MR) is 51.5 cm³/mol. The summed E-state index contributed by atoms with van der Waals surface area (Å²) in [5.41, 5.74) is 0.491. The maximum Gasteiger partial charge on any atom is 0.312 e. The van der Waals surface area contributed by atoms with Crippen molar-refractivity contribution in [3.63, 3.8) is 0 Å². The number of methoxy groups -OCH3 is 1. The Bertz CT molecular complexity index is 325. The number of ether oxygens (including phenoxy) is 1. The van der Waals surface area contributed by atoms with E-state index in [1.807, 2.05) is 6.92 Å². The zero-order valence-electron chi connectivity index (χ0n) is 8.23. The molecule has 0 spiro atoms. The molecule has 1 rings (SSSR count). The van der Waals surface area contributed by atoms with Crippen LogP contribution in [0.15, 0.2) is 18.3 Å². The molecule has 0 bridgehead atoms. The van der Waals surface area contributed by atoms with E-state index in [9.17, 15) is 4.79 Å². The van der Waals surface area contributed by atoms with E-state index in [2.05, 4.69) is 4.98 Å². The lowest BCUT2D eigenvalue weighted by Crippen LogP contribution is -2.13. The Kier molecular flexibility index (Phi) is 3.45. The Morgan fingerprint density at radius 3 is 2.93 bits per heavy atom. The van der Waals surface area contributed by atoms with Gasteiger partial charge in [-0.05, 0) is 18.6 Å². The second kappa shape index (κ2) is 4.60. The highest BCUT2D eigenvalue weighted by atomic mass is 16.5. The largest absolute Gasteiger partial charge is 0.495 e. The Morgan fingerprint density at radius 2 is 2.43 bits per heavy atom. The van der Waals surface area contributed by atoms with Gasteiger partial charge in [0, 0.05) is 6.20 Å². The number of carboxylic acid groups (broad SMARTS) is 1. The SMILES string of the molecule is CCC(C(=O)O)c1ncccc1OC. The average Bonchev–Trinajstić information content (AvgIpc) is 2.19. The van der Waals surface area contributed by atoms with Crippen molar-refractivity contribution < 1.29 is 14.6 Å². The molecule has 0 fully saturated rings. The van der Waals surface area contributed by atoms with Gasteiger partial charge in [0.25, 0.3) is 0 Å². The Hall–Kier alpha value is -1.58. The highest BCUT2D eigenvalue weighted by Crippen LogP contribution is 2.26. The zero-order chi connectivity index (χ0) is 10.6. The number of nitrogens with zero attached hydrogens (tertiary/aromatic N) is 1. The van der Waals surface area contributed by atoms with Crippen LogP contribution in [0.4, 0.5) is 0 Å². The van der Waals surface area contributed by atoms with E-state index < -0.39 is 11.9 Å². The number of carboxylic acids is 1. The molecule has 0 aliphatic carbocycles. The Labute approximate surface area is 82.5 Å². The first kappa shape index (κ1) is 10.5. The third-order valence-electron chi connectivity index (χ3n) is 2.06. The van der Waals surface area contributed by atoms with Crippen LogP contribution < -0.4 is 4.74 Å². The van der Waals surface area contributed by atoms with Gasteiger partial charge >= 0.3 is 5.97 Å². The number of aromatic nitrogens is 1. The van der Waals surface area contributed by atoms with Crippen molar-refractivity contribution in [2.75, 3.05) is 7.11 Å². The minimum atomic E-state index is -0.871. The zero-order valence-corrected chi connectivity index (χ0v) is 8.23. The molecule has 1 atom stereocenters. The molecule has 14 heavy (non-hydrogen) atoms. The van der Waals surface area contributed by atoms with Crippen molar-refractivity contribution in [1.29, 1.82) is 0 Å². The van der Waals surface area contributed by atoms with Crippen molar-refractivity contribution >= 4 is 5.97 Å². The molecule has 1 aromatic rings. The van der Waals surface area contributed by atoms with E-state index >= 15 is 0 Å². The second-order valence-electron chi connectivity index (χ2n) is 2.89. The highest BCUT2D eigenvalue weighted by molar-refractivity contribution is 5.76. The van der Waals surface area contributed by atoms with Crippen molar-refractivity contribution in [1.82, 2.24) is 4.98 Å². The standard InChI is InChI=1S/C10H13NO3/c1-3-7(10(12)13)9-8(14-2)5-4-6-11-9/h4-7H,3H2,1-2H3,(H,12,13). The maximum atomic E-state index is 10.9. The van der Waals surface area contributed by atoms with Gasteiger partial charge in [-0.1, -0.05) is 6.92 Å². The summed E-state index contributed by atoms with van der Waals surface area (Å²) in [6, 6.07) is 3.44. The summed E-state index contributed by atoms with van der Waals surface area (Å²) < 4.78 is 5.05. The van der Waals surface area contributed by atoms with Gasteiger partial charge in [-0.3, -0.25) is 9.78 Å². The third kappa shape index (κ3) is 2.02. The molecular weight excluding hydrogens is 182 g/mol. The van der Waals surface area contributed by atoms with E-state index in [4.69, 9.17) is 9.84 Å². The monoisotopic (exact) mass is 195 g/mol. The summed E-state index contributed by atoms with van der Waals surface area (Å²) >= 11 is 0. The lowest BCUT2D eigenvalue weighted by molar-refractivity contribution is -0.139. The first-order valence-electron chi connectivity index (χ1n) is 4.42. The molecule has 0 radical (unpaired) electrons. The Balaban J connectivity index is 3.08. The maximum absolute atomic E-state index is 10.9. The normalized spacial score (nSPS) is 12.1. The minimum Gasteiger partial charge on any atom is -0.495 e. The molecule has 0 saturated heterocycles. The van der Waals surface area contributed by atoms with Gasteiger partial charge in [-0.2, -0.15) is 0 Å². The molecule has 1 aromatic heterocycles. The first-order chi connectivity index (χ1) is 6.70. The van der Waals surface area contributed by atoms with Crippen molar-refractivity contribution in [2.24, 2.45) is 0 Å². The molecule has 4 nitrogen and oxygen atoms in total. The van der Waals surface area contributed by atoms with E-state index in [0.29, 0.717) is 17.9 Å². The molecule has 0 amide bonds. The lowest BCUT2D eigenvalue weighted by atomic mass is 10.0. The number of pyridine rings is 1. The van der Waals surface area contributed by atoms with Crippen LogP contribution in [-0.4, -0.2) is 23.2 Å². The van der Waals surface area contributed by atoms with E-state index in [1.54, 1.807) is 18.3 Å². The van der Waals surface area contributed by atoms with E-state index in [-0.39, 0.29) is 0 Å². The van der Waals surface area contributed by atoms with Crippen LogP contribution in [0.3, 0.4) is 0 Å². The quantitative estimate of drug-likeness (QED) is 0.793. The van der Waals surface area contributed by atoms with Gasteiger partial charge in [-0.25, -0.2) is 0 Å². The fourth-order valence-corrected chi connectivity index (χ4v) is 1.32. The molecule has 1 heterocycles. The minimum absolute atomic E-state index is 0.491. The summed E-state index contributed by atoms with van der Waals surface area (Å²) in [6.07, 6.45) is 2.08. The molecule has 1 N–H and O–H groups in total. The molecule has 0 aromatic carbocycles. The van der Waals surface area contributed by atoms with Crippen LogP contribution in [0.1, 0.15) is 25.0 Å². The van der Waals surface area contributed by atoms with Crippen LogP contribution in [0.5, 0.6) is 5.75 Å². The van der Waals surface area contributed by atoms with Gasteiger partial charge in [0.05, 0.1) is 12.8 Å². The topological polar surface area (TPSA) is 59.4 Å². The smallest absolute Gasteiger partial charge is 0.312 e. The lowest BCUT2D eigenvalue weighted by Gasteiger charge is -2.12. The van der Waals surface area contributed by atoms with Crippen LogP contribution in [0.25, 0.3) is 0 Å². The number of carbonyl (C=O) groups is 1. The van der Waals surface area contributed by atoms with Crippen molar-refractivity contribution in [2.45, 2.75) is 19.3 Å². The molecular formula is C10H13NO3. The fraction of sp³-hybridized carbons (Fsp3) is 0.400. The third-order valence-corrected chi connectivity index (χ3v) is 2.06. The summed E-state index contributed by atoms with van der Waals surface area (Å²) in [4.78, 5) is 14.9. The van der Waals surface area contributed by atoms with Gasteiger partial charge in [-0.15, -0.1) is 0 Å². The van der Waals surface area contributed by atoms with E-state index in [0.717, 1.165) is 0 Å². The number of aliphatic carboxylic acids is 1. The molecule has 0 saturated carbocycles. The molecule has 0 aliphatic rings. The first-order valence-corrected chi connectivity index (χ1v) is 4.42. The highest BCUT2D eigenvalue weighted by Gasteiger charge is 2.22. The van der Waals surface area contributed by atoms with Crippen LogP contribution in [-0.2, 0) is 4.79 Å². The molecule has 4 heteroatoms. The summed E-state index contributed by atoms with van der Waals surface area (Å²) in [6.45, 7) is 1.81. The van der Waals surface area contributed by atoms with E-state index in [1.165, 1.54) is 7.11 Å². The number of hydrogen-bond donors (Lipinski definition) is 1. The number of hydrogen-bond acceptors (Lipinski definition) is 3. The summed E-state index contributed by atoms with van der Waals surface area (Å²) in [7, 11) is 1.51. The van der Waals surface area contributed by atoms with Crippen LogP contribution in [0.2, 0.25) is 0 Å². The predicted octanol–water partition coefficient (Wildman–Crippen LogP) is 1.67. The van der Waals surface area contributed by atoms with Gasteiger partial charge < -0.3 is 9.84 Å². The average molecular weight is 195 g/mol. The van der Waals surface area contributed by atoms with Crippen molar-refractivity contribution in [3.8, 4) is 5.75 Å². The molecule has 76 valence electrons. The number of rotatable bonds is 4.